The van der Waals surface area contributed by atoms with E-state index in [1.54, 1.807) is 7.05 Å². The van der Waals surface area contributed by atoms with Crippen LogP contribution in [0, 0.1) is 22.0 Å². The van der Waals surface area contributed by atoms with Gasteiger partial charge in [0.15, 0.2) is 6.61 Å². The molecule has 1 amide bonds. The smallest absolute Gasteiger partial charge is 0.260 e. The molecule has 0 atom stereocenters. The molecule has 0 saturated heterocycles. The molecule has 0 radical (unpaired) electrons. The van der Waals surface area contributed by atoms with Crippen LogP contribution >= 0.6 is 67.8 Å². The molecule has 19 heavy (non-hydrogen) atoms. The number of amides is 1. The van der Waals surface area contributed by atoms with Crippen molar-refractivity contribution in [1.29, 1.82) is 5.26 Å². The summed E-state index contributed by atoms with van der Waals surface area (Å²) in [5, 5.41) is 8.48. The highest BCUT2D eigenvalue weighted by molar-refractivity contribution is 14.1. The SMILES string of the molecule is CN(CCC#N)C(=O)COc1c(I)cc(I)cc1I. The Labute approximate surface area is 153 Å². The third-order valence-electron chi connectivity index (χ3n) is 2.29. The van der Waals surface area contributed by atoms with E-state index in [9.17, 15) is 4.79 Å². The van der Waals surface area contributed by atoms with Crippen LogP contribution in [-0.2, 0) is 4.79 Å². The van der Waals surface area contributed by atoms with E-state index in [0.29, 0.717) is 13.0 Å². The normalized spacial score (nSPS) is 9.84. The molecule has 0 aromatic heterocycles. The van der Waals surface area contributed by atoms with Gasteiger partial charge in [0.2, 0.25) is 0 Å². The lowest BCUT2D eigenvalue weighted by molar-refractivity contribution is -0.132. The summed E-state index contributed by atoms with van der Waals surface area (Å²) in [7, 11) is 1.67. The second kappa shape index (κ2) is 8.46. The number of hydrogen-bond acceptors (Lipinski definition) is 3. The molecule has 0 aliphatic carbocycles. The minimum Gasteiger partial charge on any atom is -0.482 e. The van der Waals surface area contributed by atoms with Gasteiger partial charge in [0.25, 0.3) is 5.91 Å². The fourth-order valence-corrected chi connectivity index (χ4v) is 5.15. The average molecular weight is 596 g/mol. The van der Waals surface area contributed by atoms with Crippen molar-refractivity contribution in [2.24, 2.45) is 0 Å². The fraction of sp³-hybridized carbons (Fsp3) is 0.333. The number of ether oxygens (including phenoxy) is 1. The Morgan fingerprint density at radius 1 is 1.37 bits per heavy atom. The van der Waals surface area contributed by atoms with Gasteiger partial charge in [0, 0.05) is 17.2 Å². The number of rotatable bonds is 5. The van der Waals surface area contributed by atoms with Crippen LogP contribution in [0.2, 0.25) is 0 Å². The van der Waals surface area contributed by atoms with Crippen LogP contribution in [0.3, 0.4) is 0 Å². The van der Waals surface area contributed by atoms with Crippen LogP contribution < -0.4 is 4.74 Å². The molecule has 102 valence electrons. The second-order valence-electron chi connectivity index (χ2n) is 3.71. The Kier molecular flexibility index (Phi) is 7.66. The summed E-state index contributed by atoms with van der Waals surface area (Å²) in [6, 6.07) is 6.02. The number of benzene rings is 1. The van der Waals surface area contributed by atoms with Crippen molar-refractivity contribution in [3.05, 3.63) is 22.8 Å². The standard InChI is InChI=1S/C12H11I3N2O2/c1-17(4-2-3-16)11(18)7-19-12-9(14)5-8(13)6-10(12)15/h5-6H,2,4,7H2,1H3. The molecule has 4 nitrogen and oxygen atoms in total. The zero-order chi connectivity index (χ0) is 14.4. The molecule has 0 saturated carbocycles. The van der Waals surface area contributed by atoms with E-state index >= 15 is 0 Å². The van der Waals surface area contributed by atoms with Crippen LogP contribution in [0.15, 0.2) is 12.1 Å². The van der Waals surface area contributed by atoms with Gasteiger partial charge in [0.1, 0.15) is 5.75 Å². The highest BCUT2D eigenvalue weighted by Crippen LogP contribution is 2.29. The second-order valence-corrected chi connectivity index (χ2v) is 7.28. The zero-order valence-corrected chi connectivity index (χ0v) is 16.6. The molecule has 1 rings (SSSR count). The van der Waals surface area contributed by atoms with Gasteiger partial charge in [-0.2, -0.15) is 5.26 Å². The fourth-order valence-electron chi connectivity index (χ4n) is 1.25. The number of nitrogens with zero attached hydrogens (tertiary/aromatic N) is 2. The lowest BCUT2D eigenvalue weighted by Crippen LogP contribution is -2.32. The maximum Gasteiger partial charge on any atom is 0.260 e. The first-order chi connectivity index (χ1) is 8.95. The van der Waals surface area contributed by atoms with E-state index in [1.807, 2.05) is 18.2 Å². The number of carbonyl (C=O) groups excluding carboxylic acids is 1. The van der Waals surface area contributed by atoms with Crippen molar-refractivity contribution in [3.63, 3.8) is 0 Å². The number of likely N-dealkylation sites (N-methyl/N-ethyl adjacent to an activating group) is 1. The molecule has 0 unspecified atom stereocenters. The number of hydrogen-bond donors (Lipinski definition) is 0. The highest BCUT2D eigenvalue weighted by atomic mass is 127. The largest absolute Gasteiger partial charge is 0.482 e. The van der Waals surface area contributed by atoms with E-state index < -0.39 is 0 Å². The van der Waals surface area contributed by atoms with Gasteiger partial charge in [-0.25, -0.2) is 0 Å². The summed E-state index contributed by atoms with van der Waals surface area (Å²) in [6.07, 6.45) is 0.334. The summed E-state index contributed by atoms with van der Waals surface area (Å²) >= 11 is 6.64. The molecule has 0 N–H and O–H groups in total. The number of halogens is 3. The van der Waals surface area contributed by atoms with E-state index in [4.69, 9.17) is 10.00 Å². The van der Waals surface area contributed by atoms with Crippen molar-refractivity contribution < 1.29 is 9.53 Å². The minimum atomic E-state index is -0.125. The van der Waals surface area contributed by atoms with Gasteiger partial charge in [-0.3, -0.25) is 4.79 Å². The highest BCUT2D eigenvalue weighted by Gasteiger charge is 2.13. The summed E-state index contributed by atoms with van der Waals surface area (Å²) in [6.45, 7) is 0.425. The summed E-state index contributed by atoms with van der Waals surface area (Å²) in [5.41, 5.74) is 0. The first-order valence-corrected chi connectivity index (χ1v) is 8.57. The molecular formula is C12H11I3N2O2. The third kappa shape index (κ3) is 5.58. The van der Waals surface area contributed by atoms with Crippen LogP contribution in [0.5, 0.6) is 5.75 Å². The van der Waals surface area contributed by atoms with E-state index in [-0.39, 0.29) is 12.5 Å². The first kappa shape index (κ1) is 17.2. The molecule has 0 bridgehead atoms. The van der Waals surface area contributed by atoms with Crippen LogP contribution in [0.4, 0.5) is 0 Å². The van der Waals surface area contributed by atoms with Crippen molar-refractivity contribution in [2.45, 2.75) is 6.42 Å². The molecule has 0 heterocycles. The average Bonchev–Trinajstić information content (AvgIpc) is 2.34. The molecule has 1 aromatic carbocycles. The Balaban J connectivity index is 2.63. The van der Waals surface area contributed by atoms with Crippen LogP contribution in [-0.4, -0.2) is 31.0 Å². The van der Waals surface area contributed by atoms with Gasteiger partial charge < -0.3 is 9.64 Å². The minimum absolute atomic E-state index is 0.00543. The van der Waals surface area contributed by atoms with E-state index in [1.165, 1.54) is 4.90 Å². The van der Waals surface area contributed by atoms with Gasteiger partial charge >= 0.3 is 0 Å². The van der Waals surface area contributed by atoms with E-state index in [0.717, 1.165) is 16.5 Å². The van der Waals surface area contributed by atoms with Crippen LogP contribution in [0.25, 0.3) is 0 Å². The lowest BCUT2D eigenvalue weighted by Gasteiger charge is -2.17. The predicted octanol–water partition coefficient (Wildman–Crippen LogP) is 3.25. The lowest BCUT2D eigenvalue weighted by atomic mass is 10.3. The molecular weight excluding hydrogens is 585 g/mol. The number of carbonyl (C=O) groups is 1. The Hall–Kier alpha value is 0.170. The van der Waals surface area contributed by atoms with Crippen molar-refractivity contribution in [2.75, 3.05) is 20.2 Å². The zero-order valence-electron chi connectivity index (χ0n) is 10.1. The van der Waals surface area contributed by atoms with E-state index in [2.05, 4.69) is 67.8 Å². The summed E-state index contributed by atoms with van der Waals surface area (Å²) < 4.78 is 8.70. The first-order valence-electron chi connectivity index (χ1n) is 5.34. The molecule has 0 aliphatic heterocycles. The quantitative estimate of drug-likeness (QED) is 0.492. The van der Waals surface area contributed by atoms with Gasteiger partial charge in [-0.05, 0) is 79.9 Å². The maximum absolute atomic E-state index is 11.8. The van der Waals surface area contributed by atoms with Crippen molar-refractivity contribution in [1.82, 2.24) is 4.90 Å². The van der Waals surface area contributed by atoms with Crippen LogP contribution in [0.1, 0.15) is 6.42 Å². The Morgan fingerprint density at radius 2 is 1.95 bits per heavy atom. The molecule has 7 heteroatoms. The Morgan fingerprint density at radius 3 is 2.47 bits per heavy atom. The topological polar surface area (TPSA) is 53.3 Å². The van der Waals surface area contributed by atoms with Gasteiger partial charge in [-0.1, -0.05) is 0 Å². The molecule has 0 fully saturated rings. The summed E-state index contributed by atoms with van der Waals surface area (Å²) in [4.78, 5) is 13.3. The monoisotopic (exact) mass is 596 g/mol. The molecule has 0 spiro atoms. The van der Waals surface area contributed by atoms with Crippen molar-refractivity contribution >= 4 is 73.7 Å². The third-order valence-corrected chi connectivity index (χ3v) is 4.51. The Bertz CT molecular complexity index is 491. The van der Waals surface area contributed by atoms with Gasteiger partial charge in [0.05, 0.1) is 19.6 Å². The number of nitriles is 1. The molecule has 0 aliphatic rings. The summed E-state index contributed by atoms with van der Waals surface area (Å²) in [5.74, 6) is 0.615. The molecule has 1 aromatic rings. The van der Waals surface area contributed by atoms with Gasteiger partial charge in [-0.15, -0.1) is 0 Å². The predicted molar refractivity (Wildman–Crippen MR) is 98.0 cm³/mol. The van der Waals surface area contributed by atoms with Crippen molar-refractivity contribution in [3.8, 4) is 11.8 Å². The maximum atomic E-state index is 11.8.